The third kappa shape index (κ3) is 5.60. The Morgan fingerprint density at radius 2 is 1.79 bits per heavy atom. The maximum Gasteiger partial charge on any atom is 0.290 e. The van der Waals surface area contributed by atoms with Crippen molar-refractivity contribution in [1.29, 1.82) is 0 Å². The first kappa shape index (κ1) is 20.7. The summed E-state index contributed by atoms with van der Waals surface area (Å²) in [5, 5.41) is 2.97. The van der Waals surface area contributed by atoms with E-state index < -0.39 is 0 Å². The molecule has 0 unspecified atom stereocenters. The molecule has 0 bridgehead atoms. The van der Waals surface area contributed by atoms with E-state index in [9.17, 15) is 4.79 Å². The van der Waals surface area contributed by atoms with Crippen molar-refractivity contribution in [3.63, 3.8) is 0 Å². The molecule has 0 aliphatic heterocycles. The molecular weight excluding hydrogens is 388 g/mol. The minimum atomic E-state index is -0.0179. The van der Waals surface area contributed by atoms with Crippen LogP contribution in [0.3, 0.4) is 0 Å². The standard InChI is InChI=1S/C19H23BrN2O.ClH/c1-4-15(5-2)16-8-10-22(11-9-16)13-19(23)21-18-7-6-17(20)12-14(18)3;/h6-12,15H,4-5,13H2,1-3H3;1H. The molecule has 1 heterocycles. The Hall–Kier alpha value is -1.39. The van der Waals surface area contributed by atoms with Crippen LogP contribution in [0, 0.1) is 6.92 Å². The number of anilines is 1. The van der Waals surface area contributed by atoms with E-state index in [1.54, 1.807) is 0 Å². The highest BCUT2D eigenvalue weighted by atomic mass is 79.9. The number of halogens is 2. The summed E-state index contributed by atoms with van der Waals surface area (Å²) in [6.45, 7) is 6.73. The van der Waals surface area contributed by atoms with Gasteiger partial charge in [0.15, 0.2) is 12.4 Å². The summed E-state index contributed by atoms with van der Waals surface area (Å²) in [6, 6.07) is 10.1. The molecule has 0 saturated carbocycles. The number of hydrogen-bond acceptors (Lipinski definition) is 1. The second-order valence-electron chi connectivity index (χ2n) is 5.82. The molecule has 5 heteroatoms. The zero-order valence-electron chi connectivity index (χ0n) is 14.4. The number of carbonyl (C=O) groups is 1. The fourth-order valence-electron chi connectivity index (χ4n) is 2.73. The smallest absolute Gasteiger partial charge is 0.290 e. The van der Waals surface area contributed by atoms with E-state index in [1.165, 1.54) is 5.56 Å². The number of pyridine rings is 1. The molecule has 0 aliphatic rings. The largest absolute Gasteiger partial charge is 1.00 e. The summed E-state index contributed by atoms with van der Waals surface area (Å²) < 4.78 is 2.93. The van der Waals surface area contributed by atoms with Crippen molar-refractivity contribution in [2.45, 2.75) is 46.1 Å². The van der Waals surface area contributed by atoms with E-state index >= 15 is 0 Å². The summed E-state index contributed by atoms with van der Waals surface area (Å²) >= 11 is 3.43. The lowest BCUT2D eigenvalue weighted by Gasteiger charge is -2.11. The van der Waals surface area contributed by atoms with Gasteiger partial charge in [-0.15, -0.1) is 0 Å². The van der Waals surface area contributed by atoms with Crippen LogP contribution >= 0.6 is 15.9 Å². The number of hydrogen-bond donors (Lipinski definition) is 1. The lowest BCUT2D eigenvalue weighted by atomic mass is 9.95. The average molecular weight is 412 g/mol. The van der Waals surface area contributed by atoms with Crippen LogP contribution in [0.25, 0.3) is 0 Å². The lowest BCUT2D eigenvalue weighted by molar-refractivity contribution is -0.684. The van der Waals surface area contributed by atoms with Crippen LogP contribution < -0.4 is 22.3 Å². The van der Waals surface area contributed by atoms with Gasteiger partial charge >= 0.3 is 0 Å². The number of aryl methyl sites for hydroxylation is 1. The molecule has 0 atom stereocenters. The van der Waals surface area contributed by atoms with Gasteiger partial charge in [0, 0.05) is 22.3 Å². The van der Waals surface area contributed by atoms with Gasteiger partial charge in [-0.2, -0.15) is 4.57 Å². The van der Waals surface area contributed by atoms with E-state index in [2.05, 4.69) is 47.2 Å². The Morgan fingerprint density at radius 1 is 1.17 bits per heavy atom. The van der Waals surface area contributed by atoms with Crippen LogP contribution in [-0.4, -0.2) is 5.91 Å². The normalized spacial score (nSPS) is 10.4. The fraction of sp³-hybridized carbons (Fsp3) is 0.368. The van der Waals surface area contributed by atoms with Crippen LogP contribution in [0.5, 0.6) is 0 Å². The van der Waals surface area contributed by atoms with E-state index in [1.807, 2.05) is 42.1 Å². The molecule has 0 saturated heterocycles. The summed E-state index contributed by atoms with van der Waals surface area (Å²) in [6.07, 6.45) is 6.26. The van der Waals surface area contributed by atoms with Gasteiger partial charge in [0.2, 0.25) is 6.54 Å². The third-order valence-corrected chi connectivity index (χ3v) is 4.66. The van der Waals surface area contributed by atoms with E-state index in [-0.39, 0.29) is 18.3 Å². The molecule has 0 aliphatic carbocycles. The molecular formula is C19H24BrClN2O. The van der Waals surface area contributed by atoms with Gasteiger partial charge in [0.25, 0.3) is 5.91 Å². The Kier molecular flexibility index (Phi) is 8.43. The van der Waals surface area contributed by atoms with Crippen molar-refractivity contribution >= 4 is 27.5 Å². The van der Waals surface area contributed by atoms with E-state index in [0.717, 1.165) is 28.6 Å². The highest BCUT2D eigenvalue weighted by molar-refractivity contribution is 9.10. The van der Waals surface area contributed by atoms with E-state index in [0.29, 0.717) is 12.5 Å². The van der Waals surface area contributed by atoms with E-state index in [4.69, 9.17) is 0 Å². The maximum atomic E-state index is 12.2. The number of nitrogens with one attached hydrogen (secondary N) is 1. The zero-order valence-corrected chi connectivity index (χ0v) is 16.7. The Labute approximate surface area is 159 Å². The molecule has 0 fully saturated rings. The predicted molar refractivity (Wildman–Crippen MR) is 97.5 cm³/mol. The van der Waals surface area contributed by atoms with Crippen molar-refractivity contribution in [2.24, 2.45) is 0 Å². The maximum absolute atomic E-state index is 12.2. The average Bonchev–Trinajstić information content (AvgIpc) is 2.53. The zero-order chi connectivity index (χ0) is 16.8. The summed E-state index contributed by atoms with van der Waals surface area (Å²) in [7, 11) is 0. The van der Waals surface area contributed by atoms with Crippen molar-refractivity contribution in [3.8, 4) is 0 Å². The summed E-state index contributed by atoms with van der Waals surface area (Å²) in [5.41, 5.74) is 3.24. The quantitative estimate of drug-likeness (QED) is 0.720. The molecule has 2 aromatic rings. The first-order valence-electron chi connectivity index (χ1n) is 8.08. The van der Waals surface area contributed by atoms with Gasteiger partial charge in [-0.25, -0.2) is 0 Å². The molecule has 0 spiro atoms. The summed E-state index contributed by atoms with van der Waals surface area (Å²) in [4.78, 5) is 12.2. The van der Waals surface area contributed by atoms with Crippen molar-refractivity contribution in [3.05, 3.63) is 58.3 Å². The lowest BCUT2D eigenvalue weighted by Crippen LogP contribution is -3.00. The van der Waals surface area contributed by atoms with Gasteiger partial charge in [-0.05, 0) is 55.0 Å². The Bertz CT molecular complexity index is 670. The molecule has 1 N–H and O–H groups in total. The monoisotopic (exact) mass is 410 g/mol. The highest BCUT2D eigenvalue weighted by Crippen LogP contribution is 2.21. The third-order valence-electron chi connectivity index (χ3n) is 4.16. The second kappa shape index (κ2) is 9.80. The van der Waals surface area contributed by atoms with Crippen LogP contribution in [0.2, 0.25) is 0 Å². The number of amides is 1. The molecule has 0 radical (unpaired) electrons. The fourth-order valence-corrected chi connectivity index (χ4v) is 3.20. The molecule has 1 amide bonds. The van der Waals surface area contributed by atoms with Crippen LogP contribution in [-0.2, 0) is 11.3 Å². The minimum Gasteiger partial charge on any atom is -1.00 e. The minimum absolute atomic E-state index is 0. The summed E-state index contributed by atoms with van der Waals surface area (Å²) in [5.74, 6) is 0.583. The van der Waals surface area contributed by atoms with Gasteiger partial charge < -0.3 is 17.7 Å². The SMILES string of the molecule is CCC(CC)c1cc[n+](CC(=O)Nc2ccc(Br)cc2C)cc1.[Cl-]. The van der Waals surface area contributed by atoms with Crippen molar-refractivity contribution in [2.75, 3.05) is 5.32 Å². The first-order chi connectivity index (χ1) is 11.0. The van der Waals surface area contributed by atoms with Crippen molar-refractivity contribution < 1.29 is 21.8 Å². The van der Waals surface area contributed by atoms with Gasteiger partial charge in [-0.3, -0.25) is 4.79 Å². The molecule has 3 nitrogen and oxygen atoms in total. The molecule has 24 heavy (non-hydrogen) atoms. The van der Waals surface area contributed by atoms with Gasteiger partial charge in [-0.1, -0.05) is 29.8 Å². The second-order valence-corrected chi connectivity index (χ2v) is 6.74. The topological polar surface area (TPSA) is 33.0 Å². The number of nitrogens with zero attached hydrogens (tertiary/aromatic N) is 1. The molecule has 2 rings (SSSR count). The van der Waals surface area contributed by atoms with Crippen molar-refractivity contribution in [1.82, 2.24) is 0 Å². The molecule has 130 valence electrons. The Morgan fingerprint density at radius 3 is 2.33 bits per heavy atom. The molecule has 1 aromatic heterocycles. The number of benzene rings is 1. The van der Waals surface area contributed by atoms with Crippen LogP contribution in [0.15, 0.2) is 47.2 Å². The Balaban J connectivity index is 0.00000288. The van der Waals surface area contributed by atoms with Crippen LogP contribution in [0.4, 0.5) is 5.69 Å². The number of carbonyl (C=O) groups excluding carboxylic acids is 1. The van der Waals surface area contributed by atoms with Gasteiger partial charge in [0.1, 0.15) is 0 Å². The number of rotatable bonds is 6. The predicted octanol–water partition coefficient (Wildman–Crippen LogP) is 1.59. The highest BCUT2D eigenvalue weighted by Gasteiger charge is 2.13. The molecule has 1 aromatic carbocycles. The number of aromatic nitrogens is 1. The first-order valence-corrected chi connectivity index (χ1v) is 8.87. The van der Waals surface area contributed by atoms with Gasteiger partial charge in [0.05, 0.1) is 0 Å². The van der Waals surface area contributed by atoms with Crippen LogP contribution in [0.1, 0.15) is 43.7 Å².